The van der Waals surface area contributed by atoms with Crippen LogP contribution in [0.1, 0.15) is 29.9 Å². The third-order valence-corrected chi connectivity index (χ3v) is 5.28. The van der Waals surface area contributed by atoms with Crippen molar-refractivity contribution < 1.29 is 22.5 Å². The number of piperazine rings is 1. The Labute approximate surface area is 150 Å². The summed E-state index contributed by atoms with van der Waals surface area (Å²) in [5.74, 6) is 0.433. The number of likely N-dealkylation sites (tertiary alicyclic amines) is 1. The van der Waals surface area contributed by atoms with Crippen LogP contribution in [0.15, 0.2) is 4.52 Å². The first-order chi connectivity index (χ1) is 12.2. The minimum atomic E-state index is -4.34. The van der Waals surface area contributed by atoms with Crippen LogP contribution in [0.5, 0.6) is 0 Å². The molecule has 0 bridgehead atoms. The Kier molecular flexibility index (Phi) is 5.57. The summed E-state index contributed by atoms with van der Waals surface area (Å²) in [6.07, 6.45) is -3.09. The predicted octanol–water partition coefficient (Wildman–Crippen LogP) is 1.96. The fourth-order valence-corrected chi connectivity index (χ4v) is 3.82. The third-order valence-electron chi connectivity index (χ3n) is 5.28. The summed E-state index contributed by atoms with van der Waals surface area (Å²) in [6.45, 7) is 6.50. The van der Waals surface area contributed by atoms with Crippen LogP contribution in [0.25, 0.3) is 0 Å². The van der Waals surface area contributed by atoms with Gasteiger partial charge in [0.2, 0.25) is 5.91 Å². The van der Waals surface area contributed by atoms with Gasteiger partial charge in [0.15, 0.2) is 0 Å². The van der Waals surface area contributed by atoms with Crippen molar-refractivity contribution in [3.8, 4) is 0 Å². The second-order valence-electron chi connectivity index (χ2n) is 7.15. The number of halogens is 3. The van der Waals surface area contributed by atoms with Gasteiger partial charge in [-0.25, -0.2) is 0 Å². The molecule has 0 N–H and O–H groups in total. The standard InChI is InChI=1S/C17H25F3N4O2/c1-12-14(13(2)26-21-12)10-22-6-8-23(9-7-22)15-4-3-5-24(16(15)25)11-17(18,19)20/h15H,3-11H2,1-2H3/t15-/m1/s1. The van der Waals surface area contributed by atoms with E-state index in [4.69, 9.17) is 4.52 Å². The molecule has 0 aromatic carbocycles. The topological polar surface area (TPSA) is 52.8 Å². The van der Waals surface area contributed by atoms with Gasteiger partial charge in [-0.2, -0.15) is 13.2 Å². The summed E-state index contributed by atoms with van der Waals surface area (Å²) in [4.78, 5) is 17.7. The van der Waals surface area contributed by atoms with Gasteiger partial charge in [0.1, 0.15) is 12.3 Å². The average Bonchev–Trinajstić information content (AvgIpc) is 2.88. The molecule has 3 heterocycles. The molecule has 1 atom stereocenters. The maximum atomic E-state index is 12.7. The molecule has 0 unspecified atom stereocenters. The second kappa shape index (κ2) is 7.56. The van der Waals surface area contributed by atoms with E-state index in [1.807, 2.05) is 18.7 Å². The Balaban J connectivity index is 1.55. The van der Waals surface area contributed by atoms with Crippen LogP contribution in [0, 0.1) is 13.8 Å². The maximum Gasteiger partial charge on any atom is 0.406 e. The number of aryl methyl sites for hydroxylation is 2. The SMILES string of the molecule is Cc1noc(C)c1CN1CCN([C@@H]2CCCN(CC(F)(F)F)C2=O)CC1. The zero-order valence-corrected chi connectivity index (χ0v) is 15.2. The number of carbonyl (C=O) groups is 1. The van der Waals surface area contributed by atoms with E-state index in [0.29, 0.717) is 25.9 Å². The molecule has 6 nitrogen and oxygen atoms in total. The highest BCUT2D eigenvalue weighted by atomic mass is 19.4. The molecular weight excluding hydrogens is 349 g/mol. The number of amides is 1. The molecule has 1 aromatic rings. The highest BCUT2D eigenvalue weighted by Gasteiger charge is 2.39. The van der Waals surface area contributed by atoms with Crippen molar-refractivity contribution in [2.45, 2.75) is 45.5 Å². The van der Waals surface area contributed by atoms with Crippen LogP contribution >= 0.6 is 0 Å². The van der Waals surface area contributed by atoms with Gasteiger partial charge < -0.3 is 9.42 Å². The first-order valence-corrected chi connectivity index (χ1v) is 8.98. The van der Waals surface area contributed by atoms with Crippen LogP contribution in [0.2, 0.25) is 0 Å². The van der Waals surface area contributed by atoms with Crippen molar-refractivity contribution in [2.75, 3.05) is 39.3 Å². The number of aromatic nitrogens is 1. The number of nitrogens with zero attached hydrogens (tertiary/aromatic N) is 4. The van der Waals surface area contributed by atoms with Gasteiger partial charge in [-0.3, -0.25) is 14.6 Å². The van der Waals surface area contributed by atoms with Gasteiger partial charge in [-0.1, -0.05) is 5.16 Å². The molecule has 0 saturated carbocycles. The Bertz CT molecular complexity index is 619. The number of hydrogen-bond donors (Lipinski definition) is 0. The average molecular weight is 374 g/mol. The van der Waals surface area contributed by atoms with Gasteiger partial charge in [0.05, 0.1) is 11.7 Å². The van der Waals surface area contributed by atoms with E-state index in [0.717, 1.165) is 41.6 Å². The molecule has 1 aromatic heterocycles. The molecule has 146 valence electrons. The molecule has 0 radical (unpaired) electrons. The quantitative estimate of drug-likeness (QED) is 0.807. The van der Waals surface area contributed by atoms with Gasteiger partial charge in [0.25, 0.3) is 0 Å². The molecule has 2 saturated heterocycles. The Morgan fingerprint density at radius 2 is 1.85 bits per heavy atom. The summed E-state index contributed by atoms with van der Waals surface area (Å²) in [6, 6.07) is -0.424. The molecule has 0 spiro atoms. The van der Waals surface area contributed by atoms with Crippen LogP contribution in [-0.2, 0) is 11.3 Å². The molecule has 2 fully saturated rings. The monoisotopic (exact) mass is 374 g/mol. The molecule has 1 amide bonds. The van der Waals surface area contributed by atoms with E-state index in [9.17, 15) is 18.0 Å². The second-order valence-corrected chi connectivity index (χ2v) is 7.15. The van der Waals surface area contributed by atoms with E-state index < -0.39 is 18.8 Å². The van der Waals surface area contributed by atoms with Crippen molar-refractivity contribution >= 4 is 5.91 Å². The van der Waals surface area contributed by atoms with Crippen LogP contribution < -0.4 is 0 Å². The molecule has 9 heteroatoms. The minimum Gasteiger partial charge on any atom is -0.361 e. The number of alkyl halides is 3. The normalized spacial score (nSPS) is 23.7. The number of rotatable bonds is 4. The van der Waals surface area contributed by atoms with Crippen molar-refractivity contribution in [3.05, 3.63) is 17.0 Å². The molecule has 2 aliphatic rings. The first kappa shape index (κ1) is 19.2. The third kappa shape index (κ3) is 4.37. The minimum absolute atomic E-state index is 0.195. The van der Waals surface area contributed by atoms with E-state index in [1.54, 1.807) is 0 Å². The Hall–Kier alpha value is -1.61. The highest BCUT2D eigenvalue weighted by molar-refractivity contribution is 5.82. The van der Waals surface area contributed by atoms with Crippen LogP contribution in [-0.4, -0.2) is 77.3 Å². The maximum absolute atomic E-state index is 12.7. The molecular formula is C17H25F3N4O2. The van der Waals surface area contributed by atoms with Crippen molar-refractivity contribution in [3.63, 3.8) is 0 Å². The largest absolute Gasteiger partial charge is 0.406 e. The Morgan fingerprint density at radius 1 is 1.15 bits per heavy atom. The number of piperidine rings is 1. The molecule has 26 heavy (non-hydrogen) atoms. The zero-order valence-electron chi connectivity index (χ0n) is 15.2. The lowest BCUT2D eigenvalue weighted by Gasteiger charge is -2.42. The van der Waals surface area contributed by atoms with Gasteiger partial charge in [0, 0.05) is 44.8 Å². The summed E-state index contributed by atoms with van der Waals surface area (Å²) >= 11 is 0. The fourth-order valence-electron chi connectivity index (χ4n) is 3.82. The summed E-state index contributed by atoms with van der Waals surface area (Å²) in [5.41, 5.74) is 1.97. The predicted molar refractivity (Wildman–Crippen MR) is 88.5 cm³/mol. The first-order valence-electron chi connectivity index (χ1n) is 8.98. The fraction of sp³-hybridized carbons (Fsp3) is 0.765. The summed E-state index contributed by atoms with van der Waals surface area (Å²) in [5, 5.41) is 3.96. The van der Waals surface area contributed by atoms with Crippen LogP contribution in [0.4, 0.5) is 13.2 Å². The van der Waals surface area contributed by atoms with Gasteiger partial charge in [-0.15, -0.1) is 0 Å². The van der Waals surface area contributed by atoms with Crippen molar-refractivity contribution in [1.82, 2.24) is 19.9 Å². The van der Waals surface area contributed by atoms with E-state index in [1.165, 1.54) is 0 Å². The molecule has 2 aliphatic heterocycles. The lowest BCUT2D eigenvalue weighted by molar-refractivity contribution is -0.168. The summed E-state index contributed by atoms with van der Waals surface area (Å²) in [7, 11) is 0. The molecule has 3 rings (SSSR count). The van der Waals surface area contributed by atoms with Gasteiger partial charge in [-0.05, 0) is 26.7 Å². The zero-order chi connectivity index (χ0) is 18.9. The smallest absolute Gasteiger partial charge is 0.361 e. The Morgan fingerprint density at radius 3 is 2.42 bits per heavy atom. The van der Waals surface area contributed by atoms with Crippen LogP contribution in [0.3, 0.4) is 0 Å². The lowest BCUT2D eigenvalue weighted by Crippen LogP contribution is -2.58. The van der Waals surface area contributed by atoms with E-state index in [2.05, 4.69) is 10.1 Å². The van der Waals surface area contributed by atoms with E-state index in [-0.39, 0.29) is 12.5 Å². The lowest BCUT2D eigenvalue weighted by atomic mass is 10.0. The van der Waals surface area contributed by atoms with Gasteiger partial charge >= 0.3 is 6.18 Å². The van der Waals surface area contributed by atoms with Crippen molar-refractivity contribution in [2.24, 2.45) is 0 Å². The van der Waals surface area contributed by atoms with E-state index >= 15 is 0 Å². The highest BCUT2D eigenvalue weighted by Crippen LogP contribution is 2.24. The molecule has 0 aliphatic carbocycles. The van der Waals surface area contributed by atoms with Crippen molar-refractivity contribution in [1.29, 1.82) is 0 Å². The summed E-state index contributed by atoms with van der Waals surface area (Å²) < 4.78 is 43.1. The number of hydrogen-bond acceptors (Lipinski definition) is 5. The number of carbonyl (C=O) groups excluding carboxylic acids is 1.